The molecule has 31 heavy (non-hydrogen) atoms. The molecule has 0 aliphatic carbocycles. The number of benzene rings is 2. The van der Waals surface area contributed by atoms with Gasteiger partial charge in [-0.2, -0.15) is 0 Å². The Kier molecular flexibility index (Phi) is 8.00. The topological polar surface area (TPSA) is 77.1 Å². The molecule has 1 fully saturated rings. The molecule has 0 atom stereocenters. The van der Waals surface area contributed by atoms with E-state index in [4.69, 9.17) is 25.8 Å². The highest BCUT2D eigenvalue weighted by Gasteiger charge is 2.18. The van der Waals surface area contributed by atoms with Crippen molar-refractivity contribution in [2.45, 2.75) is 26.2 Å². The minimum absolute atomic E-state index is 0.175. The number of nitrogens with one attached hydrogen (secondary N) is 1. The third-order valence-corrected chi connectivity index (χ3v) is 5.15. The highest BCUT2D eigenvalue weighted by atomic mass is 35.5. The number of nitrogens with zero attached hydrogens (tertiary/aromatic N) is 1. The number of anilines is 2. The van der Waals surface area contributed by atoms with Crippen LogP contribution >= 0.6 is 11.6 Å². The fourth-order valence-electron chi connectivity index (χ4n) is 3.32. The first kappa shape index (κ1) is 22.7. The van der Waals surface area contributed by atoms with Gasteiger partial charge in [-0.15, -0.1) is 0 Å². The van der Waals surface area contributed by atoms with Gasteiger partial charge in [0.25, 0.3) is 5.91 Å². The van der Waals surface area contributed by atoms with Gasteiger partial charge in [0.1, 0.15) is 0 Å². The summed E-state index contributed by atoms with van der Waals surface area (Å²) < 4.78 is 16.0. The molecule has 166 valence electrons. The summed E-state index contributed by atoms with van der Waals surface area (Å²) in [7, 11) is 1.46. The molecule has 0 radical (unpaired) electrons. The van der Waals surface area contributed by atoms with Crippen LogP contribution in [0, 0.1) is 0 Å². The summed E-state index contributed by atoms with van der Waals surface area (Å²) in [6.07, 6.45) is 3.21. The van der Waals surface area contributed by atoms with Crippen molar-refractivity contribution in [1.29, 1.82) is 0 Å². The van der Waals surface area contributed by atoms with Gasteiger partial charge in [-0.3, -0.25) is 4.79 Å². The predicted octanol–water partition coefficient (Wildman–Crippen LogP) is 4.53. The summed E-state index contributed by atoms with van der Waals surface area (Å²) in [4.78, 5) is 26.9. The minimum atomic E-state index is -0.679. The lowest BCUT2D eigenvalue weighted by Crippen LogP contribution is -2.21. The molecule has 1 amide bonds. The van der Waals surface area contributed by atoms with Crippen molar-refractivity contribution >= 4 is 34.9 Å². The molecule has 1 aliphatic rings. The lowest BCUT2D eigenvalue weighted by molar-refractivity contribution is -0.119. The molecule has 1 saturated heterocycles. The van der Waals surface area contributed by atoms with Crippen molar-refractivity contribution in [1.82, 2.24) is 0 Å². The smallest absolute Gasteiger partial charge is 0.338 e. The van der Waals surface area contributed by atoms with E-state index in [9.17, 15) is 9.59 Å². The van der Waals surface area contributed by atoms with Crippen molar-refractivity contribution in [3.05, 3.63) is 47.0 Å². The molecule has 7 nitrogen and oxygen atoms in total. The average molecular weight is 447 g/mol. The molecule has 8 heteroatoms. The molecule has 0 saturated carbocycles. The first-order chi connectivity index (χ1) is 15.0. The molecular weight excluding hydrogens is 420 g/mol. The molecule has 1 aliphatic heterocycles. The second-order valence-electron chi connectivity index (χ2n) is 7.20. The second kappa shape index (κ2) is 10.9. The van der Waals surface area contributed by atoms with Gasteiger partial charge in [0.15, 0.2) is 18.1 Å². The summed E-state index contributed by atoms with van der Waals surface area (Å²) in [6, 6.07) is 10.5. The van der Waals surface area contributed by atoms with Gasteiger partial charge < -0.3 is 24.4 Å². The fourth-order valence-corrected chi connectivity index (χ4v) is 3.59. The number of hydrogen-bond acceptors (Lipinski definition) is 6. The second-order valence-corrected chi connectivity index (χ2v) is 7.61. The van der Waals surface area contributed by atoms with Gasteiger partial charge in [-0.1, -0.05) is 18.5 Å². The summed E-state index contributed by atoms with van der Waals surface area (Å²) in [5.74, 6) is -0.405. The Morgan fingerprint density at radius 3 is 2.48 bits per heavy atom. The summed E-state index contributed by atoms with van der Waals surface area (Å²) in [6.45, 7) is 4.14. The number of rotatable bonds is 9. The molecule has 0 bridgehead atoms. The van der Waals surface area contributed by atoms with E-state index >= 15 is 0 Å². The highest BCUT2D eigenvalue weighted by molar-refractivity contribution is 6.32. The van der Waals surface area contributed by atoms with Crippen molar-refractivity contribution in [2.75, 3.05) is 43.6 Å². The van der Waals surface area contributed by atoms with Crippen LogP contribution in [0.15, 0.2) is 36.4 Å². The number of hydrogen-bond donors (Lipinski definition) is 1. The van der Waals surface area contributed by atoms with Crippen molar-refractivity contribution in [3.8, 4) is 11.5 Å². The maximum Gasteiger partial charge on any atom is 0.338 e. The molecule has 3 rings (SSSR count). The Hall–Kier alpha value is -2.93. The van der Waals surface area contributed by atoms with E-state index in [1.165, 1.54) is 32.1 Å². The minimum Gasteiger partial charge on any atom is -0.493 e. The Bertz CT molecular complexity index is 911. The van der Waals surface area contributed by atoms with Crippen LogP contribution in [0.25, 0.3) is 0 Å². The van der Waals surface area contributed by atoms with Crippen molar-refractivity contribution in [2.24, 2.45) is 0 Å². The lowest BCUT2D eigenvalue weighted by Gasteiger charge is -2.17. The van der Waals surface area contributed by atoms with Crippen molar-refractivity contribution < 1.29 is 23.8 Å². The molecule has 0 unspecified atom stereocenters. The zero-order chi connectivity index (χ0) is 22.2. The van der Waals surface area contributed by atoms with Gasteiger partial charge in [-0.25, -0.2) is 4.79 Å². The van der Waals surface area contributed by atoms with E-state index in [2.05, 4.69) is 10.2 Å². The Labute approximate surface area is 187 Å². The largest absolute Gasteiger partial charge is 0.493 e. The zero-order valence-electron chi connectivity index (χ0n) is 17.8. The van der Waals surface area contributed by atoms with E-state index in [0.717, 1.165) is 25.2 Å². The first-order valence-electron chi connectivity index (χ1n) is 10.3. The Balaban J connectivity index is 1.55. The third-order valence-electron chi connectivity index (χ3n) is 4.87. The molecule has 1 heterocycles. The molecule has 0 aromatic heterocycles. The van der Waals surface area contributed by atoms with Crippen LogP contribution in [0.4, 0.5) is 11.4 Å². The zero-order valence-corrected chi connectivity index (χ0v) is 18.5. The normalized spacial score (nSPS) is 13.1. The number of methoxy groups -OCH3 is 1. The van der Waals surface area contributed by atoms with Crippen molar-refractivity contribution in [3.63, 3.8) is 0 Å². The van der Waals surface area contributed by atoms with Gasteiger partial charge in [0.2, 0.25) is 0 Å². The molecule has 0 spiro atoms. The van der Waals surface area contributed by atoms with Crippen LogP contribution in [-0.2, 0) is 9.53 Å². The molecule has 2 aromatic carbocycles. The SMILES string of the molecule is CCCOc1c(Cl)cc(C(=O)OCC(=O)Nc2ccc(N3CCCC3)cc2)cc1OC. The summed E-state index contributed by atoms with van der Waals surface area (Å²) in [5.41, 5.74) is 1.96. The van der Waals surface area contributed by atoms with Crippen LogP contribution in [0.2, 0.25) is 5.02 Å². The number of esters is 1. The maximum absolute atomic E-state index is 12.4. The van der Waals surface area contributed by atoms with E-state index in [1.54, 1.807) is 0 Å². The number of halogens is 1. The number of carbonyl (C=O) groups excluding carboxylic acids is 2. The van der Waals surface area contributed by atoms with E-state index < -0.39 is 18.5 Å². The third kappa shape index (κ3) is 6.04. The Morgan fingerprint density at radius 1 is 1.13 bits per heavy atom. The van der Waals surface area contributed by atoms with Crippen LogP contribution in [0.5, 0.6) is 11.5 Å². The average Bonchev–Trinajstić information content (AvgIpc) is 3.31. The van der Waals surface area contributed by atoms with E-state index in [0.29, 0.717) is 23.8 Å². The fraction of sp³-hybridized carbons (Fsp3) is 0.391. The van der Waals surface area contributed by atoms with Crippen LogP contribution in [0.1, 0.15) is 36.5 Å². The monoisotopic (exact) mass is 446 g/mol. The van der Waals surface area contributed by atoms with E-state index in [-0.39, 0.29) is 10.6 Å². The number of amides is 1. The Morgan fingerprint density at radius 2 is 1.84 bits per heavy atom. The van der Waals surface area contributed by atoms with Crippen LogP contribution in [0.3, 0.4) is 0 Å². The van der Waals surface area contributed by atoms with Gasteiger partial charge >= 0.3 is 5.97 Å². The standard InChI is InChI=1S/C23H27ClN2O5/c1-3-12-30-22-19(24)13-16(14-20(22)29-2)23(28)31-15-21(27)25-17-6-8-18(9-7-17)26-10-4-5-11-26/h6-9,13-14H,3-5,10-12,15H2,1-2H3,(H,25,27). The quantitative estimate of drug-likeness (QED) is 0.570. The first-order valence-corrected chi connectivity index (χ1v) is 10.7. The van der Waals surface area contributed by atoms with Gasteiger partial charge in [-0.05, 0) is 55.7 Å². The molecular formula is C23H27ClN2O5. The molecule has 2 aromatic rings. The summed E-state index contributed by atoms with van der Waals surface area (Å²) >= 11 is 6.23. The predicted molar refractivity (Wildman–Crippen MR) is 121 cm³/mol. The van der Waals surface area contributed by atoms with Crippen LogP contribution < -0.4 is 19.7 Å². The van der Waals surface area contributed by atoms with Crippen LogP contribution in [-0.4, -0.2) is 45.3 Å². The maximum atomic E-state index is 12.4. The highest BCUT2D eigenvalue weighted by Crippen LogP contribution is 2.36. The van der Waals surface area contributed by atoms with E-state index in [1.807, 2.05) is 31.2 Å². The lowest BCUT2D eigenvalue weighted by atomic mass is 10.2. The number of carbonyl (C=O) groups is 2. The number of ether oxygens (including phenoxy) is 3. The summed E-state index contributed by atoms with van der Waals surface area (Å²) in [5, 5.41) is 2.97. The molecule has 1 N–H and O–H groups in total. The van der Waals surface area contributed by atoms with Gasteiger partial charge in [0.05, 0.1) is 24.3 Å². The van der Waals surface area contributed by atoms with Gasteiger partial charge in [0, 0.05) is 24.5 Å².